The number of aryl methyl sites for hydroxylation is 1. The maximum Gasteiger partial charge on any atom is 0.355 e. The summed E-state index contributed by atoms with van der Waals surface area (Å²) in [5, 5.41) is 13.9. The van der Waals surface area contributed by atoms with Gasteiger partial charge in [-0.1, -0.05) is 17.8 Å². The zero-order valence-electron chi connectivity index (χ0n) is 10.0. The lowest BCUT2D eigenvalue weighted by atomic mass is 10.4. The van der Waals surface area contributed by atoms with E-state index in [1.807, 2.05) is 19.3 Å². The summed E-state index contributed by atoms with van der Waals surface area (Å²) >= 11 is 1.29. The van der Waals surface area contributed by atoms with Gasteiger partial charge in [0.2, 0.25) is 0 Å². The highest BCUT2D eigenvalue weighted by molar-refractivity contribution is 7.99. The Balaban J connectivity index is 2.12. The lowest BCUT2D eigenvalue weighted by Crippen LogP contribution is -2.02. The smallest absolute Gasteiger partial charge is 0.355 e. The van der Waals surface area contributed by atoms with Gasteiger partial charge in [-0.25, -0.2) is 9.78 Å². The molecule has 0 spiro atoms. The summed E-state index contributed by atoms with van der Waals surface area (Å²) in [5.74, 6) is -0.995. The SMILES string of the molecule is Cn1cc(Sc2nc3ccccn3c2C(=O)O)cn1. The van der Waals surface area contributed by atoms with Crippen molar-refractivity contribution in [3.05, 3.63) is 42.5 Å². The van der Waals surface area contributed by atoms with Gasteiger partial charge in [0.25, 0.3) is 0 Å². The fraction of sp³-hybridized carbons (Fsp3) is 0.0833. The van der Waals surface area contributed by atoms with Crippen LogP contribution in [0.15, 0.2) is 46.7 Å². The van der Waals surface area contributed by atoms with Gasteiger partial charge in [-0.05, 0) is 12.1 Å². The Kier molecular flexibility index (Phi) is 2.75. The maximum atomic E-state index is 11.4. The molecule has 0 aromatic carbocycles. The predicted octanol–water partition coefficient (Wildman–Crippen LogP) is 1.92. The topological polar surface area (TPSA) is 72.4 Å². The molecule has 3 aromatic heterocycles. The van der Waals surface area contributed by atoms with Gasteiger partial charge in [0, 0.05) is 19.4 Å². The van der Waals surface area contributed by atoms with Crippen molar-refractivity contribution in [1.29, 1.82) is 0 Å². The fourth-order valence-electron chi connectivity index (χ4n) is 1.80. The van der Waals surface area contributed by atoms with E-state index in [1.165, 1.54) is 11.8 Å². The fourth-order valence-corrected chi connectivity index (χ4v) is 2.75. The highest BCUT2D eigenvalue weighted by Crippen LogP contribution is 2.30. The third kappa shape index (κ3) is 2.08. The van der Waals surface area contributed by atoms with Gasteiger partial charge in [-0.3, -0.25) is 9.08 Å². The number of carbonyl (C=O) groups is 1. The number of carboxylic acids is 1. The molecule has 1 N–H and O–H groups in total. The van der Waals surface area contributed by atoms with E-state index in [1.54, 1.807) is 33.6 Å². The quantitative estimate of drug-likeness (QED) is 0.790. The molecule has 0 radical (unpaired) electrons. The van der Waals surface area contributed by atoms with Crippen molar-refractivity contribution in [2.24, 2.45) is 7.05 Å². The lowest BCUT2D eigenvalue weighted by Gasteiger charge is -1.97. The molecule has 0 bridgehead atoms. The van der Waals surface area contributed by atoms with E-state index in [-0.39, 0.29) is 5.69 Å². The third-order valence-electron chi connectivity index (χ3n) is 2.60. The monoisotopic (exact) mass is 274 g/mol. The molecule has 0 atom stereocenters. The minimum Gasteiger partial charge on any atom is -0.476 e. The number of aromatic nitrogens is 4. The van der Waals surface area contributed by atoms with Crippen LogP contribution in [0.25, 0.3) is 5.65 Å². The molecule has 3 rings (SSSR count). The number of hydrogen-bond acceptors (Lipinski definition) is 4. The average molecular weight is 274 g/mol. The number of pyridine rings is 1. The van der Waals surface area contributed by atoms with E-state index in [0.717, 1.165) is 4.90 Å². The minimum atomic E-state index is -0.995. The van der Waals surface area contributed by atoms with Crippen molar-refractivity contribution in [2.75, 3.05) is 0 Å². The number of rotatable bonds is 3. The van der Waals surface area contributed by atoms with Crippen molar-refractivity contribution in [1.82, 2.24) is 19.2 Å². The molecule has 0 saturated carbocycles. The highest BCUT2D eigenvalue weighted by Gasteiger charge is 2.19. The van der Waals surface area contributed by atoms with Gasteiger partial charge >= 0.3 is 5.97 Å². The number of aromatic carboxylic acids is 1. The summed E-state index contributed by atoms with van der Waals surface area (Å²) < 4.78 is 3.24. The number of carboxylic acid groups (broad SMARTS) is 1. The second kappa shape index (κ2) is 4.43. The highest BCUT2D eigenvalue weighted by atomic mass is 32.2. The summed E-state index contributed by atoms with van der Waals surface area (Å²) in [6.45, 7) is 0. The van der Waals surface area contributed by atoms with Gasteiger partial charge < -0.3 is 5.11 Å². The van der Waals surface area contributed by atoms with Crippen LogP contribution in [0.4, 0.5) is 0 Å². The first kappa shape index (κ1) is 11.8. The molecule has 0 aliphatic heterocycles. The predicted molar refractivity (Wildman–Crippen MR) is 69.5 cm³/mol. The van der Waals surface area contributed by atoms with Gasteiger partial charge in [-0.15, -0.1) is 0 Å². The number of hydrogen-bond donors (Lipinski definition) is 1. The molecule has 0 unspecified atom stereocenters. The van der Waals surface area contributed by atoms with Crippen LogP contribution >= 0.6 is 11.8 Å². The van der Waals surface area contributed by atoms with Gasteiger partial charge in [0.05, 0.1) is 11.1 Å². The van der Waals surface area contributed by atoms with Crippen molar-refractivity contribution >= 4 is 23.4 Å². The summed E-state index contributed by atoms with van der Waals surface area (Å²) in [6.07, 6.45) is 5.19. The summed E-state index contributed by atoms with van der Waals surface area (Å²) in [6, 6.07) is 5.38. The first-order chi connectivity index (χ1) is 9.15. The summed E-state index contributed by atoms with van der Waals surface area (Å²) in [5.41, 5.74) is 0.788. The average Bonchev–Trinajstić information content (AvgIpc) is 2.92. The van der Waals surface area contributed by atoms with E-state index < -0.39 is 5.97 Å². The molecular formula is C12H10N4O2S. The molecule has 0 aliphatic carbocycles. The van der Waals surface area contributed by atoms with Crippen LogP contribution < -0.4 is 0 Å². The van der Waals surface area contributed by atoms with E-state index in [2.05, 4.69) is 10.1 Å². The van der Waals surface area contributed by atoms with Crippen LogP contribution in [0.1, 0.15) is 10.5 Å². The third-order valence-corrected chi connectivity index (χ3v) is 3.52. The van der Waals surface area contributed by atoms with Gasteiger partial charge in [-0.2, -0.15) is 5.10 Å². The largest absolute Gasteiger partial charge is 0.476 e. The lowest BCUT2D eigenvalue weighted by molar-refractivity contribution is 0.0685. The molecule has 19 heavy (non-hydrogen) atoms. The number of fused-ring (bicyclic) bond motifs is 1. The molecule has 0 saturated heterocycles. The molecule has 0 fully saturated rings. The Labute approximate surface area is 112 Å². The molecule has 3 heterocycles. The van der Waals surface area contributed by atoms with Crippen LogP contribution in [0.3, 0.4) is 0 Å². The zero-order valence-corrected chi connectivity index (χ0v) is 10.8. The minimum absolute atomic E-state index is 0.171. The van der Waals surface area contributed by atoms with Crippen molar-refractivity contribution < 1.29 is 9.90 Å². The summed E-state index contributed by atoms with van der Waals surface area (Å²) in [4.78, 5) is 16.6. The van der Waals surface area contributed by atoms with Crippen LogP contribution in [-0.4, -0.2) is 30.2 Å². The second-order valence-electron chi connectivity index (χ2n) is 3.95. The second-order valence-corrected chi connectivity index (χ2v) is 5.01. The normalized spacial score (nSPS) is 11.0. The van der Waals surface area contributed by atoms with E-state index in [4.69, 9.17) is 0 Å². The Morgan fingerprint density at radius 1 is 1.42 bits per heavy atom. The van der Waals surface area contributed by atoms with Crippen LogP contribution in [0.5, 0.6) is 0 Å². The molecule has 7 heteroatoms. The first-order valence-electron chi connectivity index (χ1n) is 5.52. The van der Waals surface area contributed by atoms with Gasteiger partial charge in [0.15, 0.2) is 5.69 Å². The van der Waals surface area contributed by atoms with E-state index >= 15 is 0 Å². The Bertz CT molecular complexity index is 762. The maximum absolute atomic E-state index is 11.4. The Morgan fingerprint density at radius 2 is 2.26 bits per heavy atom. The first-order valence-corrected chi connectivity index (χ1v) is 6.33. The standard InChI is InChI=1S/C12H10N4O2S/c1-15-7-8(6-13-15)19-11-10(12(17)18)16-5-3-2-4-9(16)14-11/h2-7H,1H3,(H,17,18). The molecule has 3 aromatic rings. The van der Waals surface area contributed by atoms with Crippen LogP contribution in [0, 0.1) is 0 Å². The molecular weight excluding hydrogens is 264 g/mol. The zero-order chi connectivity index (χ0) is 13.4. The molecule has 96 valence electrons. The Morgan fingerprint density at radius 3 is 2.95 bits per heavy atom. The number of imidazole rings is 1. The molecule has 0 amide bonds. The Hall–Kier alpha value is -2.28. The van der Waals surface area contributed by atoms with Crippen LogP contribution in [-0.2, 0) is 7.05 Å². The van der Waals surface area contributed by atoms with Crippen molar-refractivity contribution in [2.45, 2.75) is 9.92 Å². The van der Waals surface area contributed by atoms with E-state index in [9.17, 15) is 9.90 Å². The van der Waals surface area contributed by atoms with Crippen molar-refractivity contribution in [3.8, 4) is 0 Å². The van der Waals surface area contributed by atoms with Crippen LogP contribution in [0.2, 0.25) is 0 Å². The molecule has 0 aliphatic rings. The van der Waals surface area contributed by atoms with E-state index in [0.29, 0.717) is 10.7 Å². The van der Waals surface area contributed by atoms with Gasteiger partial charge in [0.1, 0.15) is 10.7 Å². The van der Waals surface area contributed by atoms with Crippen molar-refractivity contribution in [3.63, 3.8) is 0 Å². The summed E-state index contributed by atoms with van der Waals surface area (Å²) in [7, 11) is 1.81. The number of nitrogens with zero attached hydrogens (tertiary/aromatic N) is 4. The molecule has 6 nitrogen and oxygen atoms in total.